The van der Waals surface area contributed by atoms with Gasteiger partial charge in [0.1, 0.15) is 0 Å². The van der Waals surface area contributed by atoms with Gasteiger partial charge in [-0.3, -0.25) is 9.80 Å². The van der Waals surface area contributed by atoms with Crippen molar-refractivity contribution < 1.29 is 5.11 Å². The minimum absolute atomic E-state index is 0.285. The molecule has 0 unspecified atom stereocenters. The van der Waals surface area contributed by atoms with Crippen LogP contribution in [0.25, 0.3) is 0 Å². The molecular weight excluding hydrogens is 260 g/mol. The summed E-state index contributed by atoms with van der Waals surface area (Å²) in [6.07, 6.45) is 1.98. The lowest BCUT2D eigenvalue weighted by Crippen LogP contribution is -2.55. The Labute approximate surface area is 129 Å². The van der Waals surface area contributed by atoms with E-state index >= 15 is 0 Å². The fourth-order valence-corrected chi connectivity index (χ4v) is 3.30. The number of benzene rings is 1. The van der Waals surface area contributed by atoms with Crippen molar-refractivity contribution >= 4 is 0 Å². The number of aliphatic hydroxyl groups is 1. The summed E-state index contributed by atoms with van der Waals surface area (Å²) in [5.74, 6) is 0. The molecule has 3 nitrogen and oxygen atoms in total. The summed E-state index contributed by atoms with van der Waals surface area (Å²) in [5, 5.41) is 9.31. The van der Waals surface area contributed by atoms with Gasteiger partial charge >= 0.3 is 0 Å². The molecule has 0 aliphatic carbocycles. The topological polar surface area (TPSA) is 26.7 Å². The Morgan fingerprint density at radius 3 is 2.38 bits per heavy atom. The minimum Gasteiger partial charge on any atom is -0.396 e. The maximum atomic E-state index is 9.31. The van der Waals surface area contributed by atoms with Crippen molar-refractivity contribution in [2.24, 2.45) is 0 Å². The van der Waals surface area contributed by atoms with E-state index < -0.39 is 0 Å². The van der Waals surface area contributed by atoms with E-state index in [0.29, 0.717) is 12.1 Å². The van der Waals surface area contributed by atoms with Gasteiger partial charge in [-0.1, -0.05) is 31.2 Å². The standard InChI is InChI=1S/C18H30N2O/c1-4-16-5-7-17(8-6-16)13-19-10-11-20(15(2)3)18(14-19)9-12-21/h5-8,15,18,21H,4,9-14H2,1-3H3/t18-/m1/s1. The monoisotopic (exact) mass is 290 g/mol. The maximum Gasteiger partial charge on any atom is 0.0446 e. The first-order chi connectivity index (χ1) is 10.1. The average molecular weight is 290 g/mol. The van der Waals surface area contributed by atoms with E-state index in [9.17, 15) is 5.11 Å². The van der Waals surface area contributed by atoms with E-state index in [4.69, 9.17) is 0 Å². The fraction of sp³-hybridized carbons (Fsp3) is 0.667. The van der Waals surface area contributed by atoms with Crippen molar-refractivity contribution in [3.63, 3.8) is 0 Å². The van der Waals surface area contributed by atoms with Crippen LogP contribution in [0.15, 0.2) is 24.3 Å². The van der Waals surface area contributed by atoms with Crippen LogP contribution in [-0.2, 0) is 13.0 Å². The number of aliphatic hydroxyl groups excluding tert-OH is 1. The third-order valence-corrected chi connectivity index (χ3v) is 4.58. The summed E-state index contributed by atoms with van der Waals surface area (Å²) >= 11 is 0. The van der Waals surface area contributed by atoms with E-state index in [-0.39, 0.29) is 6.61 Å². The number of piperazine rings is 1. The third-order valence-electron chi connectivity index (χ3n) is 4.58. The van der Waals surface area contributed by atoms with Crippen molar-refractivity contribution in [1.82, 2.24) is 9.80 Å². The molecule has 1 aromatic carbocycles. The summed E-state index contributed by atoms with van der Waals surface area (Å²) in [4.78, 5) is 5.06. The smallest absolute Gasteiger partial charge is 0.0446 e. The molecule has 2 rings (SSSR count). The Hall–Kier alpha value is -0.900. The van der Waals surface area contributed by atoms with Gasteiger partial charge in [0, 0.05) is 44.9 Å². The molecule has 3 heteroatoms. The number of hydrogen-bond donors (Lipinski definition) is 1. The zero-order valence-corrected chi connectivity index (χ0v) is 13.8. The normalized spacial score (nSPS) is 21.1. The van der Waals surface area contributed by atoms with E-state index in [1.807, 2.05) is 0 Å². The lowest BCUT2D eigenvalue weighted by molar-refractivity contribution is 0.0349. The quantitative estimate of drug-likeness (QED) is 0.872. The highest BCUT2D eigenvalue weighted by atomic mass is 16.3. The molecule has 1 N–H and O–H groups in total. The van der Waals surface area contributed by atoms with E-state index in [2.05, 4.69) is 54.8 Å². The van der Waals surface area contributed by atoms with Gasteiger partial charge in [-0.15, -0.1) is 0 Å². The summed E-state index contributed by atoms with van der Waals surface area (Å²) in [6, 6.07) is 10.0. The Morgan fingerprint density at radius 1 is 1.14 bits per heavy atom. The summed E-state index contributed by atoms with van der Waals surface area (Å²) in [6.45, 7) is 11.3. The molecule has 0 saturated carbocycles. The highest BCUT2D eigenvalue weighted by molar-refractivity contribution is 5.22. The van der Waals surface area contributed by atoms with Crippen LogP contribution < -0.4 is 0 Å². The average Bonchev–Trinajstić information content (AvgIpc) is 2.48. The van der Waals surface area contributed by atoms with E-state index in [1.54, 1.807) is 0 Å². The zero-order chi connectivity index (χ0) is 15.2. The van der Waals surface area contributed by atoms with Gasteiger partial charge in [0.15, 0.2) is 0 Å². The summed E-state index contributed by atoms with van der Waals surface area (Å²) in [7, 11) is 0. The highest BCUT2D eigenvalue weighted by Gasteiger charge is 2.27. The SMILES string of the molecule is CCc1ccc(CN2CCN(C(C)C)[C@H](CCO)C2)cc1. The number of aryl methyl sites for hydroxylation is 1. The van der Waals surface area contributed by atoms with Crippen LogP contribution in [0.3, 0.4) is 0 Å². The molecule has 1 saturated heterocycles. The molecule has 1 aliphatic heterocycles. The van der Waals surface area contributed by atoms with E-state index in [0.717, 1.165) is 39.0 Å². The van der Waals surface area contributed by atoms with Gasteiger partial charge in [-0.2, -0.15) is 0 Å². The lowest BCUT2D eigenvalue weighted by Gasteiger charge is -2.43. The van der Waals surface area contributed by atoms with Gasteiger partial charge in [-0.25, -0.2) is 0 Å². The van der Waals surface area contributed by atoms with Crippen molar-refractivity contribution in [3.8, 4) is 0 Å². The molecule has 1 aromatic rings. The van der Waals surface area contributed by atoms with Gasteiger partial charge in [0.05, 0.1) is 0 Å². The van der Waals surface area contributed by atoms with Gasteiger partial charge in [0.2, 0.25) is 0 Å². The Bertz CT molecular complexity index is 416. The molecule has 0 aromatic heterocycles. The lowest BCUT2D eigenvalue weighted by atomic mass is 10.0. The van der Waals surface area contributed by atoms with Crippen molar-refractivity contribution in [2.75, 3.05) is 26.2 Å². The molecule has 1 heterocycles. The number of hydrogen-bond acceptors (Lipinski definition) is 3. The van der Waals surface area contributed by atoms with Crippen LogP contribution in [-0.4, -0.2) is 53.2 Å². The maximum absolute atomic E-state index is 9.31. The predicted octanol–water partition coefficient (Wildman–Crippen LogP) is 2.53. The van der Waals surface area contributed by atoms with Crippen LogP contribution in [0.5, 0.6) is 0 Å². The van der Waals surface area contributed by atoms with Crippen LogP contribution in [0.1, 0.15) is 38.3 Å². The molecule has 1 aliphatic rings. The summed E-state index contributed by atoms with van der Waals surface area (Å²) < 4.78 is 0. The van der Waals surface area contributed by atoms with Gasteiger partial charge in [-0.05, 0) is 37.8 Å². The molecule has 1 fully saturated rings. The first-order valence-electron chi connectivity index (χ1n) is 8.30. The second-order valence-corrected chi connectivity index (χ2v) is 6.40. The molecular formula is C18H30N2O. The highest BCUT2D eigenvalue weighted by Crippen LogP contribution is 2.18. The molecule has 0 bridgehead atoms. The van der Waals surface area contributed by atoms with Crippen molar-refractivity contribution in [3.05, 3.63) is 35.4 Å². The minimum atomic E-state index is 0.285. The number of nitrogens with zero attached hydrogens (tertiary/aromatic N) is 2. The molecule has 0 spiro atoms. The largest absolute Gasteiger partial charge is 0.396 e. The predicted molar refractivity (Wildman–Crippen MR) is 88.4 cm³/mol. The van der Waals surface area contributed by atoms with Crippen LogP contribution in [0.2, 0.25) is 0 Å². The van der Waals surface area contributed by atoms with Gasteiger partial charge < -0.3 is 5.11 Å². The third kappa shape index (κ3) is 4.53. The molecule has 118 valence electrons. The molecule has 21 heavy (non-hydrogen) atoms. The Morgan fingerprint density at radius 2 is 1.81 bits per heavy atom. The second-order valence-electron chi connectivity index (χ2n) is 6.40. The first kappa shape index (κ1) is 16.5. The molecule has 1 atom stereocenters. The zero-order valence-electron chi connectivity index (χ0n) is 13.8. The van der Waals surface area contributed by atoms with Crippen molar-refractivity contribution in [1.29, 1.82) is 0 Å². The van der Waals surface area contributed by atoms with Crippen LogP contribution >= 0.6 is 0 Å². The first-order valence-corrected chi connectivity index (χ1v) is 8.30. The Balaban J connectivity index is 1.94. The molecule has 0 amide bonds. The fourth-order valence-electron chi connectivity index (χ4n) is 3.30. The summed E-state index contributed by atoms with van der Waals surface area (Å²) in [5.41, 5.74) is 2.80. The van der Waals surface area contributed by atoms with Gasteiger partial charge in [0.25, 0.3) is 0 Å². The van der Waals surface area contributed by atoms with E-state index in [1.165, 1.54) is 11.1 Å². The number of rotatable bonds is 6. The van der Waals surface area contributed by atoms with Crippen molar-refractivity contribution in [2.45, 2.75) is 52.2 Å². The molecule has 0 radical (unpaired) electrons. The van der Waals surface area contributed by atoms with Crippen LogP contribution in [0.4, 0.5) is 0 Å². The second kappa shape index (κ2) is 7.92. The van der Waals surface area contributed by atoms with Crippen LogP contribution in [0, 0.1) is 0 Å². The Kier molecular flexibility index (Phi) is 6.22.